The highest BCUT2D eigenvalue weighted by Gasteiger charge is 2.46. The van der Waals surface area contributed by atoms with Crippen molar-refractivity contribution < 1.29 is 38.7 Å². The van der Waals surface area contributed by atoms with Crippen LogP contribution in [-0.2, 0) is 30.2 Å². The van der Waals surface area contributed by atoms with Crippen LogP contribution in [0.1, 0.15) is 32.8 Å². The van der Waals surface area contributed by atoms with Crippen LogP contribution in [0.2, 0.25) is 0 Å². The van der Waals surface area contributed by atoms with E-state index in [0.717, 1.165) is 5.56 Å². The molecule has 10 heteroatoms. The van der Waals surface area contributed by atoms with E-state index in [1.807, 2.05) is 30.3 Å². The third-order valence-electron chi connectivity index (χ3n) is 5.29. The molecule has 2 bridgehead atoms. The summed E-state index contributed by atoms with van der Waals surface area (Å²) in [7, 11) is 0. The van der Waals surface area contributed by atoms with Gasteiger partial charge in [0.05, 0.1) is 6.61 Å². The van der Waals surface area contributed by atoms with Gasteiger partial charge in [-0.15, -0.1) is 0 Å². The lowest BCUT2D eigenvalue weighted by atomic mass is 9.98. The topological polar surface area (TPSA) is 136 Å². The zero-order chi connectivity index (χ0) is 24.0. The fraction of sp³-hybridized carbons (Fsp3) is 0.652. The molecule has 3 heterocycles. The normalized spacial score (nSPS) is 28.7. The Balaban J connectivity index is 1.67. The second kappa shape index (κ2) is 11.3. The first-order valence-corrected chi connectivity index (χ1v) is 11.2. The Kier molecular flexibility index (Phi) is 8.66. The van der Waals surface area contributed by atoms with E-state index in [-0.39, 0.29) is 13.0 Å². The molecule has 0 saturated carbocycles. The van der Waals surface area contributed by atoms with Gasteiger partial charge in [-0.3, -0.25) is 4.79 Å². The molecule has 3 fully saturated rings. The van der Waals surface area contributed by atoms with Gasteiger partial charge in [0.1, 0.15) is 36.1 Å². The second-order valence-corrected chi connectivity index (χ2v) is 9.22. The van der Waals surface area contributed by atoms with Crippen LogP contribution in [0.25, 0.3) is 0 Å². The smallest absolute Gasteiger partial charge is 0.408 e. The summed E-state index contributed by atoms with van der Waals surface area (Å²) in [4.78, 5) is 25.4. The van der Waals surface area contributed by atoms with Crippen LogP contribution in [-0.4, -0.2) is 84.3 Å². The minimum atomic E-state index is -1.25. The van der Waals surface area contributed by atoms with Crippen LogP contribution in [0.15, 0.2) is 30.3 Å². The molecule has 0 aliphatic carbocycles. The molecular weight excluding hydrogens is 432 g/mol. The molecule has 0 spiro atoms. The molecule has 0 radical (unpaired) electrons. The number of ether oxygens (including phenoxy) is 4. The van der Waals surface area contributed by atoms with Crippen LogP contribution in [0.5, 0.6) is 0 Å². The van der Waals surface area contributed by atoms with Crippen molar-refractivity contribution in [3.8, 4) is 0 Å². The van der Waals surface area contributed by atoms with E-state index in [2.05, 4.69) is 10.6 Å². The van der Waals surface area contributed by atoms with Crippen LogP contribution in [0.4, 0.5) is 4.79 Å². The third-order valence-corrected chi connectivity index (χ3v) is 5.29. The maximum Gasteiger partial charge on any atom is 0.408 e. The number of carbonyl (C=O) groups excluding carboxylic acids is 2. The largest absolute Gasteiger partial charge is 0.444 e. The van der Waals surface area contributed by atoms with Gasteiger partial charge in [-0.25, -0.2) is 4.79 Å². The maximum atomic E-state index is 13.0. The molecule has 6 atom stereocenters. The summed E-state index contributed by atoms with van der Waals surface area (Å²) >= 11 is 0. The maximum absolute atomic E-state index is 13.0. The zero-order valence-electron chi connectivity index (χ0n) is 19.2. The highest BCUT2D eigenvalue weighted by atomic mass is 16.7. The number of benzene rings is 1. The van der Waals surface area contributed by atoms with Crippen LogP contribution >= 0.6 is 0 Å². The van der Waals surface area contributed by atoms with Crippen molar-refractivity contribution in [3.05, 3.63) is 35.9 Å². The quantitative estimate of drug-likeness (QED) is 0.476. The number of amides is 2. The number of alkyl carbamates (subject to hydrolysis) is 1. The number of aliphatic hydroxyl groups is 2. The molecule has 3 aliphatic heterocycles. The Morgan fingerprint density at radius 1 is 1.12 bits per heavy atom. The molecule has 1 aromatic carbocycles. The molecule has 2 amide bonds. The summed E-state index contributed by atoms with van der Waals surface area (Å²) < 4.78 is 22.3. The van der Waals surface area contributed by atoms with Gasteiger partial charge in [-0.05, 0) is 32.8 Å². The van der Waals surface area contributed by atoms with E-state index in [9.17, 15) is 19.8 Å². The van der Waals surface area contributed by atoms with E-state index in [1.165, 1.54) is 0 Å². The SMILES string of the molecule is CC(C)(C)OC(=O)N[C@@H](Cc1ccccc1)C(=O)NCC1OC2OCCCOC1C(O)C2O. The fourth-order valence-electron chi connectivity index (χ4n) is 3.72. The number of hydrogen-bond acceptors (Lipinski definition) is 8. The predicted octanol–water partition coefficient (Wildman–Crippen LogP) is 0.491. The van der Waals surface area contributed by atoms with E-state index in [4.69, 9.17) is 18.9 Å². The molecule has 1 aromatic rings. The first-order chi connectivity index (χ1) is 15.6. The van der Waals surface area contributed by atoms with Gasteiger partial charge >= 0.3 is 6.09 Å². The number of nitrogens with one attached hydrogen (secondary N) is 2. The van der Waals surface area contributed by atoms with Gasteiger partial charge in [-0.2, -0.15) is 0 Å². The van der Waals surface area contributed by atoms with Crippen molar-refractivity contribution in [2.45, 2.75) is 76.0 Å². The van der Waals surface area contributed by atoms with Crippen molar-refractivity contribution in [3.63, 3.8) is 0 Å². The van der Waals surface area contributed by atoms with Crippen molar-refractivity contribution in [1.82, 2.24) is 10.6 Å². The average Bonchev–Trinajstić information content (AvgIpc) is 2.89. The summed E-state index contributed by atoms with van der Waals surface area (Å²) in [6, 6.07) is 8.39. The number of aliphatic hydroxyl groups excluding tert-OH is 2. The number of fused-ring (bicyclic) bond motifs is 6. The van der Waals surface area contributed by atoms with Gasteiger partial charge in [0.15, 0.2) is 6.29 Å². The molecule has 3 aliphatic rings. The Hall–Kier alpha value is -2.24. The second-order valence-electron chi connectivity index (χ2n) is 9.22. The van der Waals surface area contributed by atoms with E-state index in [1.54, 1.807) is 20.8 Å². The van der Waals surface area contributed by atoms with Crippen molar-refractivity contribution in [2.24, 2.45) is 0 Å². The Morgan fingerprint density at radius 2 is 1.82 bits per heavy atom. The molecule has 4 N–H and O–H groups in total. The lowest BCUT2D eigenvalue weighted by Gasteiger charge is -2.41. The lowest BCUT2D eigenvalue weighted by molar-refractivity contribution is -0.292. The molecule has 33 heavy (non-hydrogen) atoms. The van der Waals surface area contributed by atoms with Crippen molar-refractivity contribution >= 4 is 12.0 Å². The van der Waals surface area contributed by atoms with E-state index >= 15 is 0 Å². The van der Waals surface area contributed by atoms with Crippen molar-refractivity contribution in [1.29, 1.82) is 0 Å². The van der Waals surface area contributed by atoms with Gasteiger partial charge in [0, 0.05) is 19.6 Å². The van der Waals surface area contributed by atoms with Crippen LogP contribution in [0.3, 0.4) is 0 Å². The van der Waals surface area contributed by atoms with Crippen molar-refractivity contribution in [2.75, 3.05) is 19.8 Å². The fourth-order valence-corrected chi connectivity index (χ4v) is 3.72. The summed E-state index contributed by atoms with van der Waals surface area (Å²) in [5.74, 6) is -0.444. The van der Waals surface area contributed by atoms with Gasteiger partial charge < -0.3 is 39.8 Å². The standard InChI is InChI=1S/C23H34N2O8/c1-23(2,3)33-22(29)25-15(12-14-8-5-4-6-9-14)20(28)24-13-16-19-17(26)18(27)21(32-16)31-11-7-10-30-19/h4-6,8-9,15-19,21,26-27H,7,10-13H2,1-3H3,(H,24,28)(H,25,29)/t15-,16?,17?,18?,19?,21?/m0/s1. The molecule has 3 saturated heterocycles. The summed E-state index contributed by atoms with van der Waals surface area (Å²) in [6.45, 7) is 5.86. The minimum absolute atomic E-state index is 0.00553. The van der Waals surface area contributed by atoms with Gasteiger partial charge in [0.2, 0.25) is 5.91 Å². The van der Waals surface area contributed by atoms with Crippen LogP contribution < -0.4 is 10.6 Å². The minimum Gasteiger partial charge on any atom is -0.444 e. The summed E-state index contributed by atoms with van der Waals surface area (Å²) in [5, 5.41) is 26.1. The average molecular weight is 467 g/mol. The zero-order valence-corrected chi connectivity index (χ0v) is 19.2. The Bertz CT molecular complexity index is 782. The number of rotatable bonds is 6. The number of carbonyl (C=O) groups is 2. The Morgan fingerprint density at radius 3 is 2.52 bits per heavy atom. The molecule has 5 unspecified atom stereocenters. The number of hydrogen-bond donors (Lipinski definition) is 4. The first kappa shape index (κ1) is 25.4. The van der Waals surface area contributed by atoms with Crippen LogP contribution in [0, 0.1) is 0 Å². The van der Waals surface area contributed by atoms with E-state index in [0.29, 0.717) is 19.6 Å². The lowest BCUT2D eigenvalue weighted by Crippen LogP contribution is -2.61. The van der Waals surface area contributed by atoms with Gasteiger partial charge in [0.25, 0.3) is 0 Å². The molecule has 184 valence electrons. The third kappa shape index (κ3) is 7.38. The summed E-state index contributed by atoms with van der Waals surface area (Å²) in [6.07, 6.45) is -4.91. The first-order valence-electron chi connectivity index (χ1n) is 11.2. The summed E-state index contributed by atoms with van der Waals surface area (Å²) in [5.41, 5.74) is 0.151. The monoisotopic (exact) mass is 466 g/mol. The molecule has 0 aromatic heterocycles. The van der Waals surface area contributed by atoms with E-state index < -0.39 is 54.3 Å². The highest BCUT2D eigenvalue weighted by molar-refractivity contribution is 5.86. The van der Waals surface area contributed by atoms with Gasteiger partial charge in [-0.1, -0.05) is 30.3 Å². The highest BCUT2D eigenvalue weighted by Crippen LogP contribution is 2.26. The molecule has 10 nitrogen and oxygen atoms in total. The molecular formula is C23H34N2O8. The predicted molar refractivity (Wildman–Crippen MR) is 117 cm³/mol. The molecule has 4 rings (SSSR count). The Labute approximate surface area is 193 Å².